The summed E-state index contributed by atoms with van der Waals surface area (Å²) < 4.78 is 19.0. The highest BCUT2D eigenvalue weighted by Gasteiger charge is 2.05. The predicted octanol–water partition coefficient (Wildman–Crippen LogP) is 4.80. The number of ether oxygens (including phenoxy) is 1. The van der Waals surface area contributed by atoms with Crippen molar-refractivity contribution in [2.24, 2.45) is 0 Å². The lowest BCUT2D eigenvalue weighted by molar-refractivity contribution is 0.340. The molecule has 0 saturated carbocycles. The molecule has 0 aliphatic carbocycles. The van der Waals surface area contributed by atoms with Gasteiger partial charge in [-0.2, -0.15) is 0 Å². The second-order valence-electron chi connectivity index (χ2n) is 4.53. The summed E-state index contributed by atoms with van der Waals surface area (Å²) in [5.74, 6) is 0.446. The van der Waals surface area contributed by atoms with Crippen LogP contribution in [0.3, 0.4) is 0 Å². The molecule has 2 rings (SSSR count). The quantitative estimate of drug-likeness (QED) is 0.855. The lowest BCUT2D eigenvalue weighted by atomic mass is 10.1. The van der Waals surface area contributed by atoms with Crippen molar-refractivity contribution in [2.75, 3.05) is 11.9 Å². The van der Waals surface area contributed by atoms with E-state index >= 15 is 0 Å². The average molecular weight is 294 g/mol. The molecule has 2 aromatic carbocycles. The molecule has 0 radical (unpaired) electrons. The summed E-state index contributed by atoms with van der Waals surface area (Å²) >= 11 is 6.11. The van der Waals surface area contributed by atoms with Crippen molar-refractivity contribution in [3.8, 4) is 5.75 Å². The minimum Gasteiger partial charge on any atom is -0.492 e. The molecule has 2 nitrogen and oxygen atoms in total. The molecule has 0 saturated heterocycles. The van der Waals surface area contributed by atoms with Crippen LogP contribution in [-0.2, 0) is 6.54 Å². The van der Waals surface area contributed by atoms with Crippen LogP contribution in [0.25, 0.3) is 0 Å². The highest BCUT2D eigenvalue weighted by atomic mass is 35.5. The van der Waals surface area contributed by atoms with Crippen LogP contribution < -0.4 is 10.1 Å². The third-order valence-electron chi connectivity index (χ3n) is 2.92. The van der Waals surface area contributed by atoms with Gasteiger partial charge in [0.1, 0.15) is 11.6 Å². The Balaban J connectivity index is 2.07. The minimum atomic E-state index is -0.208. The third-order valence-corrected chi connectivity index (χ3v) is 3.21. The smallest absolute Gasteiger partial charge is 0.138 e. The first-order valence-corrected chi connectivity index (χ1v) is 6.89. The number of nitrogens with one attached hydrogen (secondary N) is 1. The summed E-state index contributed by atoms with van der Waals surface area (Å²) in [5.41, 5.74) is 2.50. The van der Waals surface area contributed by atoms with Gasteiger partial charge in [-0.25, -0.2) is 4.39 Å². The summed E-state index contributed by atoms with van der Waals surface area (Å²) in [5, 5.41) is 3.70. The molecule has 0 atom stereocenters. The van der Waals surface area contributed by atoms with E-state index in [1.165, 1.54) is 6.07 Å². The fourth-order valence-corrected chi connectivity index (χ4v) is 2.15. The van der Waals surface area contributed by atoms with Gasteiger partial charge in [0.25, 0.3) is 0 Å². The molecular weight excluding hydrogens is 277 g/mol. The van der Waals surface area contributed by atoms with E-state index in [4.69, 9.17) is 16.3 Å². The Morgan fingerprint density at radius 1 is 1.20 bits per heavy atom. The maximum absolute atomic E-state index is 13.6. The predicted molar refractivity (Wildman–Crippen MR) is 81.1 cm³/mol. The maximum atomic E-state index is 13.6. The van der Waals surface area contributed by atoms with Gasteiger partial charge >= 0.3 is 0 Å². The molecule has 0 fully saturated rings. The third kappa shape index (κ3) is 3.64. The number of halogens is 2. The van der Waals surface area contributed by atoms with E-state index in [0.717, 1.165) is 11.3 Å². The van der Waals surface area contributed by atoms with E-state index in [1.54, 1.807) is 18.2 Å². The molecule has 0 aliphatic rings. The SMILES string of the molecule is CCOc1ccc(NCc2cc(C)ccc2F)cc1Cl. The normalized spacial score (nSPS) is 10.4. The van der Waals surface area contributed by atoms with Gasteiger partial charge < -0.3 is 10.1 Å². The molecule has 0 spiro atoms. The molecule has 0 amide bonds. The number of anilines is 1. The largest absolute Gasteiger partial charge is 0.492 e. The second-order valence-corrected chi connectivity index (χ2v) is 4.93. The van der Waals surface area contributed by atoms with Crippen molar-refractivity contribution in [1.82, 2.24) is 0 Å². The lowest BCUT2D eigenvalue weighted by Crippen LogP contribution is -2.02. The zero-order valence-corrected chi connectivity index (χ0v) is 12.3. The highest BCUT2D eigenvalue weighted by molar-refractivity contribution is 6.32. The van der Waals surface area contributed by atoms with E-state index < -0.39 is 0 Å². The van der Waals surface area contributed by atoms with Gasteiger partial charge in [-0.1, -0.05) is 29.3 Å². The van der Waals surface area contributed by atoms with E-state index in [0.29, 0.717) is 29.5 Å². The Bertz CT molecular complexity index is 601. The van der Waals surface area contributed by atoms with Crippen LogP contribution in [-0.4, -0.2) is 6.61 Å². The minimum absolute atomic E-state index is 0.208. The number of hydrogen-bond acceptors (Lipinski definition) is 2. The first-order valence-electron chi connectivity index (χ1n) is 6.51. The molecule has 106 valence electrons. The second kappa shape index (κ2) is 6.62. The topological polar surface area (TPSA) is 21.3 Å². The van der Waals surface area contributed by atoms with Gasteiger partial charge in [-0.05, 0) is 38.1 Å². The van der Waals surface area contributed by atoms with Crippen LogP contribution in [0.15, 0.2) is 36.4 Å². The Morgan fingerprint density at radius 3 is 2.70 bits per heavy atom. The van der Waals surface area contributed by atoms with Crippen molar-refractivity contribution in [3.63, 3.8) is 0 Å². The van der Waals surface area contributed by atoms with E-state index in [2.05, 4.69) is 5.32 Å². The standard InChI is InChI=1S/C16H17ClFNO/c1-3-20-16-7-5-13(9-14(16)17)19-10-12-8-11(2)4-6-15(12)18/h4-9,19H,3,10H2,1-2H3. The monoisotopic (exact) mass is 293 g/mol. The van der Waals surface area contributed by atoms with Crippen LogP contribution in [0, 0.1) is 12.7 Å². The number of rotatable bonds is 5. The number of aryl methyl sites for hydroxylation is 1. The van der Waals surface area contributed by atoms with Crippen molar-refractivity contribution < 1.29 is 9.13 Å². The maximum Gasteiger partial charge on any atom is 0.138 e. The van der Waals surface area contributed by atoms with Crippen LogP contribution in [0.1, 0.15) is 18.1 Å². The molecule has 2 aromatic rings. The van der Waals surface area contributed by atoms with Gasteiger partial charge in [0.05, 0.1) is 11.6 Å². The van der Waals surface area contributed by atoms with Gasteiger partial charge in [-0.3, -0.25) is 0 Å². The molecule has 20 heavy (non-hydrogen) atoms. The van der Waals surface area contributed by atoms with Crippen LogP contribution in [0.5, 0.6) is 5.75 Å². The van der Waals surface area contributed by atoms with E-state index in [9.17, 15) is 4.39 Å². The zero-order chi connectivity index (χ0) is 14.5. The Labute approximate surface area is 123 Å². The van der Waals surface area contributed by atoms with E-state index in [-0.39, 0.29) is 5.82 Å². The molecular formula is C16H17ClFNO. The number of hydrogen-bond donors (Lipinski definition) is 1. The lowest BCUT2D eigenvalue weighted by Gasteiger charge is -2.11. The molecule has 0 aliphatic heterocycles. The molecule has 0 bridgehead atoms. The van der Waals surface area contributed by atoms with Crippen molar-refractivity contribution in [2.45, 2.75) is 20.4 Å². The molecule has 4 heteroatoms. The van der Waals surface area contributed by atoms with Gasteiger partial charge in [0, 0.05) is 17.8 Å². The fraction of sp³-hybridized carbons (Fsp3) is 0.250. The molecule has 0 aromatic heterocycles. The van der Waals surface area contributed by atoms with Crippen LogP contribution in [0.2, 0.25) is 5.02 Å². The number of benzene rings is 2. The Kier molecular flexibility index (Phi) is 4.85. The molecule has 0 unspecified atom stereocenters. The summed E-state index contributed by atoms with van der Waals surface area (Å²) in [6, 6.07) is 10.5. The molecule has 1 N–H and O–H groups in total. The van der Waals surface area contributed by atoms with Gasteiger partial charge in [0.2, 0.25) is 0 Å². The van der Waals surface area contributed by atoms with E-state index in [1.807, 2.05) is 26.0 Å². The van der Waals surface area contributed by atoms with Crippen molar-refractivity contribution in [1.29, 1.82) is 0 Å². The summed E-state index contributed by atoms with van der Waals surface area (Å²) in [6.45, 7) is 4.83. The summed E-state index contributed by atoms with van der Waals surface area (Å²) in [7, 11) is 0. The van der Waals surface area contributed by atoms with Gasteiger partial charge in [-0.15, -0.1) is 0 Å². The van der Waals surface area contributed by atoms with Crippen molar-refractivity contribution in [3.05, 3.63) is 58.4 Å². The first-order chi connectivity index (χ1) is 9.60. The highest BCUT2D eigenvalue weighted by Crippen LogP contribution is 2.28. The first kappa shape index (κ1) is 14.7. The zero-order valence-electron chi connectivity index (χ0n) is 11.5. The summed E-state index contributed by atoms with van der Waals surface area (Å²) in [4.78, 5) is 0. The van der Waals surface area contributed by atoms with Crippen LogP contribution in [0.4, 0.5) is 10.1 Å². The fourth-order valence-electron chi connectivity index (χ4n) is 1.92. The summed E-state index contributed by atoms with van der Waals surface area (Å²) in [6.07, 6.45) is 0. The Hall–Kier alpha value is -1.74. The van der Waals surface area contributed by atoms with Crippen LogP contribution >= 0.6 is 11.6 Å². The average Bonchev–Trinajstić information content (AvgIpc) is 2.43. The van der Waals surface area contributed by atoms with Gasteiger partial charge in [0.15, 0.2) is 0 Å². The molecule has 0 heterocycles. The Morgan fingerprint density at radius 2 is 2.00 bits per heavy atom. The van der Waals surface area contributed by atoms with Crippen molar-refractivity contribution >= 4 is 17.3 Å².